The summed E-state index contributed by atoms with van der Waals surface area (Å²) in [6.07, 6.45) is 3.18. The SMILES string of the molecule is CN(C)C(=O)c1cc(-c2ccnc(Nc3ccc(F)cc3)n2)ccn1. The molecule has 7 heteroatoms. The van der Waals surface area contributed by atoms with E-state index < -0.39 is 0 Å². The van der Waals surface area contributed by atoms with Gasteiger partial charge >= 0.3 is 0 Å². The first-order chi connectivity index (χ1) is 12.0. The quantitative estimate of drug-likeness (QED) is 0.792. The summed E-state index contributed by atoms with van der Waals surface area (Å²) in [4.78, 5) is 26.2. The molecule has 2 aromatic heterocycles. The Balaban J connectivity index is 1.87. The van der Waals surface area contributed by atoms with Gasteiger partial charge in [0, 0.05) is 37.7 Å². The molecular formula is C18H16FN5O. The van der Waals surface area contributed by atoms with Gasteiger partial charge in [0.05, 0.1) is 5.69 Å². The van der Waals surface area contributed by atoms with Crippen molar-refractivity contribution in [1.29, 1.82) is 0 Å². The minimum absolute atomic E-state index is 0.180. The van der Waals surface area contributed by atoms with E-state index in [1.807, 2.05) is 0 Å². The van der Waals surface area contributed by atoms with Crippen LogP contribution in [0.2, 0.25) is 0 Å². The van der Waals surface area contributed by atoms with Crippen LogP contribution in [-0.4, -0.2) is 39.9 Å². The van der Waals surface area contributed by atoms with Crippen LogP contribution in [0.3, 0.4) is 0 Å². The van der Waals surface area contributed by atoms with Crippen molar-refractivity contribution in [2.75, 3.05) is 19.4 Å². The molecule has 0 fully saturated rings. The minimum atomic E-state index is -0.310. The first kappa shape index (κ1) is 16.5. The standard InChI is InChI=1S/C18H16FN5O/c1-24(2)17(25)16-11-12(7-9-20-16)15-8-10-21-18(23-15)22-14-5-3-13(19)4-6-14/h3-11H,1-2H3,(H,21,22,23). The molecular weight excluding hydrogens is 321 g/mol. The van der Waals surface area contributed by atoms with Crippen molar-refractivity contribution in [1.82, 2.24) is 19.9 Å². The summed E-state index contributed by atoms with van der Waals surface area (Å²) in [5, 5.41) is 3.02. The molecule has 0 atom stereocenters. The maximum Gasteiger partial charge on any atom is 0.271 e. The van der Waals surface area contributed by atoms with Crippen molar-refractivity contribution in [3.63, 3.8) is 0 Å². The summed E-state index contributed by atoms with van der Waals surface area (Å²) in [6, 6.07) is 11.1. The zero-order valence-corrected chi connectivity index (χ0v) is 13.8. The number of carbonyl (C=O) groups is 1. The number of carbonyl (C=O) groups excluding carboxylic acids is 1. The van der Waals surface area contributed by atoms with Gasteiger partial charge in [-0.1, -0.05) is 0 Å². The molecule has 0 saturated carbocycles. The minimum Gasteiger partial charge on any atom is -0.343 e. The van der Waals surface area contributed by atoms with Crippen LogP contribution in [0.5, 0.6) is 0 Å². The van der Waals surface area contributed by atoms with E-state index in [-0.39, 0.29) is 11.7 Å². The van der Waals surface area contributed by atoms with E-state index in [1.165, 1.54) is 17.0 Å². The predicted octanol–water partition coefficient (Wildman–Crippen LogP) is 3.12. The van der Waals surface area contributed by atoms with Crippen LogP contribution in [0.15, 0.2) is 54.9 Å². The molecule has 0 aliphatic heterocycles. The number of nitrogens with zero attached hydrogens (tertiary/aromatic N) is 4. The number of rotatable bonds is 4. The summed E-state index contributed by atoms with van der Waals surface area (Å²) in [5.74, 6) is -0.114. The number of benzene rings is 1. The first-order valence-electron chi connectivity index (χ1n) is 7.56. The second kappa shape index (κ2) is 7.04. The highest BCUT2D eigenvalue weighted by Gasteiger charge is 2.11. The number of halogens is 1. The van der Waals surface area contributed by atoms with Gasteiger partial charge in [-0.15, -0.1) is 0 Å². The van der Waals surface area contributed by atoms with Gasteiger partial charge in [0.25, 0.3) is 5.91 Å². The average Bonchev–Trinajstić information content (AvgIpc) is 2.63. The second-order valence-corrected chi connectivity index (χ2v) is 5.53. The highest BCUT2D eigenvalue weighted by atomic mass is 19.1. The van der Waals surface area contributed by atoms with E-state index in [1.54, 1.807) is 56.8 Å². The lowest BCUT2D eigenvalue weighted by Gasteiger charge is -2.10. The number of nitrogens with one attached hydrogen (secondary N) is 1. The van der Waals surface area contributed by atoms with Crippen molar-refractivity contribution in [3.05, 3.63) is 66.4 Å². The molecule has 3 aromatic rings. The van der Waals surface area contributed by atoms with E-state index in [0.717, 1.165) is 5.56 Å². The van der Waals surface area contributed by atoms with Gasteiger partial charge in [0.2, 0.25) is 5.95 Å². The third kappa shape index (κ3) is 3.95. The fourth-order valence-electron chi connectivity index (χ4n) is 2.18. The van der Waals surface area contributed by atoms with Crippen molar-refractivity contribution in [3.8, 4) is 11.3 Å². The van der Waals surface area contributed by atoms with E-state index in [2.05, 4.69) is 20.3 Å². The molecule has 3 rings (SSSR count). The van der Waals surface area contributed by atoms with Crippen molar-refractivity contribution in [2.45, 2.75) is 0 Å². The third-order valence-electron chi connectivity index (χ3n) is 3.44. The Morgan fingerprint density at radius 2 is 1.76 bits per heavy atom. The normalized spacial score (nSPS) is 10.4. The number of anilines is 2. The number of hydrogen-bond donors (Lipinski definition) is 1. The summed E-state index contributed by atoms with van der Waals surface area (Å²) < 4.78 is 13.0. The number of aromatic nitrogens is 3. The van der Waals surface area contributed by atoms with E-state index in [9.17, 15) is 9.18 Å². The van der Waals surface area contributed by atoms with Crippen molar-refractivity contribution >= 4 is 17.5 Å². The van der Waals surface area contributed by atoms with Gasteiger partial charge < -0.3 is 10.2 Å². The monoisotopic (exact) mass is 337 g/mol. The zero-order chi connectivity index (χ0) is 17.8. The van der Waals surface area contributed by atoms with E-state index >= 15 is 0 Å². The largest absolute Gasteiger partial charge is 0.343 e. The Hall–Kier alpha value is -3.35. The Morgan fingerprint density at radius 3 is 2.48 bits per heavy atom. The van der Waals surface area contributed by atoms with Gasteiger partial charge in [-0.3, -0.25) is 9.78 Å². The summed E-state index contributed by atoms with van der Waals surface area (Å²) >= 11 is 0. The average molecular weight is 337 g/mol. The molecule has 1 N–H and O–H groups in total. The van der Waals surface area contributed by atoms with Crippen LogP contribution in [0, 0.1) is 5.82 Å². The first-order valence-corrected chi connectivity index (χ1v) is 7.56. The number of hydrogen-bond acceptors (Lipinski definition) is 5. The number of amides is 1. The lowest BCUT2D eigenvalue weighted by molar-refractivity contribution is 0.0822. The van der Waals surface area contributed by atoms with Crippen LogP contribution in [0.4, 0.5) is 16.0 Å². The molecule has 1 aromatic carbocycles. The van der Waals surface area contributed by atoms with Crippen LogP contribution in [0.1, 0.15) is 10.5 Å². The molecule has 6 nitrogen and oxygen atoms in total. The zero-order valence-electron chi connectivity index (χ0n) is 13.8. The van der Waals surface area contributed by atoms with Gasteiger partial charge in [-0.05, 0) is 42.5 Å². The molecule has 0 radical (unpaired) electrons. The van der Waals surface area contributed by atoms with Gasteiger partial charge in [-0.2, -0.15) is 0 Å². The highest BCUT2D eigenvalue weighted by Crippen LogP contribution is 2.20. The van der Waals surface area contributed by atoms with Crippen LogP contribution in [-0.2, 0) is 0 Å². The van der Waals surface area contributed by atoms with E-state index in [0.29, 0.717) is 23.0 Å². The Morgan fingerprint density at radius 1 is 1.04 bits per heavy atom. The Bertz CT molecular complexity index is 896. The fourth-order valence-corrected chi connectivity index (χ4v) is 2.18. The summed E-state index contributed by atoms with van der Waals surface area (Å²) in [7, 11) is 3.35. The lowest BCUT2D eigenvalue weighted by atomic mass is 10.1. The molecule has 0 aliphatic carbocycles. The maximum absolute atomic E-state index is 13.0. The van der Waals surface area contributed by atoms with Gasteiger partial charge in [0.15, 0.2) is 0 Å². The molecule has 0 unspecified atom stereocenters. The molecule has 0 bridgehead atoms. The molecule has 25 heavy (non-hydrogen) atoms. The Kier molecular flexibility index (Phi) is 4.65. The smallest absolute Gasteiger partial charge is 0.271 e. The topological polar surface area (TPSA) is 71.0 Å². The molecule has 0 spiro atoms. The predicted molar refractivity (Wildman–Crippen MR) is 93.0 cm³/mol. The highest BCUT2D eigenvalue weighted by molar-refractivity contribution is 5.93. The molecule has 126 valence electrons. The maximum atomic E-state index is 13.0. The van der Waals surface area contributed by atoms with Crippen molar-refractivity contribution < 1.29 is 9.18 Å². The molecule has 1 amide bonds. The lowest BCUT2D eigenvalue weighted by Crippen LogP contribution is -2.22. The van der Waals surface area contributed by atoms with Crippen LogP contribution < -0.4 is 5.32 Å². The van der Waals surface area contributed by atoms with Crippen molar-refractivity contribution in [2.24, 2.45) is 0 Å². The van der Waals surface area contributed by atoms with Crippen LogP contribution >= 0.6 is 0 Å². The number of pyridine rings is 1. The van der Waals surface area contributed by atoms with E-state index in [4.69, 9.17) is 0 Å². The van der Waals surface area contributed by atoms with Crippen LogP contribution in [0.25, 0.3) is 11.3 Å². The Labute approximate surface area is 144 Å². The summed E-state index contributed by atoms with van der Waals surface area (Å²) in [5.41, 5.74) is 2.42. The van der Waals surface area contributed by atoms with Gasteiger partial charge in [-0.25, -0.2) is 14.4 Å². The fraction of sp³-hybridized carbons (Fsp3) is 0.111. The second-order valence-electron chi connectivity index (χ2n) is 5.53. The van der Waals surface area contributed by atoms with Gasteiger partial charge in [0.1, 0.15) is 11.5 Å². The molecule has 2 heterocycles. The summed E-state index contributed by atoms with van der Waals surface area (Å²) in [6.45, 7) is 0. The third-order valence-corrected chi connectivity index (χ3v) is 3.44. The molecule has 0 aliphatic rings. The molecule has 0 saturated heterocycles.